The van der Waals surface area contributed by atoms with E-state index in [-0.39, 0.29) is 11.8 Å². The molecule has 2 aromatic heterocycles. The molecule has 6 nitrogen and oxygen atoms in total. The molecule has 2 aromatic rings. The van der Waals surface area contributed by atoms with Crippen LogP contribution in [0.25, 0.3) is 0 Å². The Hall–Kier alpha value is -1.10. The number of nitrogens with zero attached hydrogens (tertiary/aromatic N) is 3. The SMILES string of the molecule is CCCNC(=O)CSc1nnc(SCC(=O)N(C)Cc2ccsc2)s1. The maximum atomic E-state index is 12.2. The van der Waals surface area contributed by atoms with Crippen molar-refractivity contribution < 1.29 is 9.59 Å². The molecule has 1 N–H and O–H groups in total. The molecular weight excluding hydrogens is 396 g/mol. The number of aromatic nitrogens is 2. The summed E-state index contributed by atoms with van der Waals surface area (Å²) in [5, 5.41) is 15.0. The van der Waals surface area contributed by atoms with Crippen molar-refractivity contribution >= 4 is 58.0 Å². The van der Waals surface area contributed by atoms with E-state index in [1.807, 2.05) is 23.8 Å². The van der Waals surface area contributed by atoms with Gasteiger partial charge in [-0.15, -0.1) is 10.2 Å². The van der Waals surface area contributed by atoms with Crippen LogP contribution in [0.5, 0.6) is 0 Å². The smallest absolute Gasteiger partial charge is 0.233 e. The summed E-state index contributed by atoms with van der Waals surface area (Å²) < 4.78 is 1.49. The number of carbonyl (C=O) groups excluding carboxylic acids is 2. The lowest BCUT2D eigenvalue weighted by atomic mass is 10.3. The molecule has 0 aliphatic carbocycles. The second-order valence-electron chi connectivity index (χ2n) is 5.14. The van der Waals surface area contributed by atoms with Crippen LogP contribution in [0.3, 0.4) is 0 Å². The van der Waals surface area contributed by atoms with Crippen LogP contribution < -0.4 is 5.32 Å². The number of nitrogens with one attached hydrogen (secondary N) is 1. The highest BCUT2D eigenvalue weighted by molar-refractivity contribution is 8.03. The Bertz CT molecular complexity index is 675. The highest BCUT2D eigenvalue weighted by Crippen LogP contribution is 2.28. The monoisotopic (exact) mass is 416 g/mol. The molecule has 2 heterocycles. The van der Waals surface area contributed by atoms with Crippen molar-refractivity contribution in [3.8, 4) is 0 Å². The lowest BCUT2D eigenvalue weighted by Crippen LogP contribution is -2.27. The van der Waals surface area contributed by atoms with Crippen molar-refractivity contribution in [1.29, 1.82) is 0 Å². The highest BCUT2D eigenvalue weighted by Gasteiger charge is 2.13. The van der Waals surface area contributed by atoms with Gasteiger partial charge in [0, 0.05) is 20.1 Å². The van der Waals surface area contributed by atoms with E-state index in [1.54, 1.807) is 23.3 Å². The summed E-state index contributed by atoms with van der Waals surface area (Å²) in [6, 6.07) is 2.02. The van der Waals surface area contributed by atoms with Crippen LogP contribution in [0.1, 0.15) is 18.9 Å². The average Bonchev–Trinajstić information content (AvgIpc) is 3.27. The second-order valence-corrected chi connectivity index (χ2v) is 9.35. The van der Waals surface area contributed by atoms with E-state index in [9.17, 15) is 9.59 Å². The van der Waals surface area contributed by atoms with Crippen LogP contribution in [0.15, 0.2) is 25.5 Å². The Labute approximate surface area is 163 Å². The van der Waals surface area contributed by atoms with Crippen LogP contribution in [-0.4, -0.2) is 52.0 Å². The van der Waals surface area contributed by atoms with Crippen LogP contribution >= 0.6 is 46.2 Å². The number of thiophene rings is 1. The fraction of sp³-hybridized carbons (Fsp3) is 0.467. The predicted molar refractivity (Wildman–Crippen MR) is 105 cm³/mol. The number of carbonyl (C=O) groups is 2. The molecule has 0 saturated carbocycles. The zero-order valence-corrected chi connectivity index (χ0v) is 17.3. The number of rotatable bonds is 10. The van der Waals surface area contributed by atoms with E-state index < -0.39 is 0 Å². The molecule has 0 aromatic carbocycles. The van der Waals surface area contributed by atoms with Crippen LogP contribution in [-0.2, 0) is 16.1 Å². The molecule has 10 heteroatoms. The zero-order valence-electron chi connectivity index (χ0n) is 14.1. The van der Waals surface area contributed by atoms with Gasteiger partial charge >= 0.3 is 0 Å². The third-order valence-corrected chi connectivity index (χ3v) is 6.94. The summed E-state index contributed by atoms with van der Waals surface area (Å²) >= 11 is 5.79. The van der Waals surface area contributed by atoms with Gasteiger partial charge in [0.1, 0.15) is 0 Å². The summed E-state index contributed by atoms with van der Waals surface area (Å²) in [6.07, 6.45) is 0.922. The van der Waals surface area contributed by atoms with Crippen LogP contribution in [0, 0.1) is 0 Å². The van der Waals surface area contributed by atoms with Gasteiger partial charge in [0.2, 0.25) is 11.8 Å². The molecule has 0 saturated heterocycles. The van der Waals surface area contributed by atoms with Gasteiger partial charge in [-0.1, -0.05) is 41.8 Å². The Balaban J connectivity index is 1.71. The van der Waals surface area contributed by atoms with Gasteiger partial charge < -0.3 is 10.2 Å². The van der Waals surface area contributed by atoms with Gasteiger partial charge in [0.25, 0.3) is 0 Å². The Morgan fingerprint density at radius 1 is 1.24 bits per heavy atom. The van der Waals surface area contributed by atoms with Crippen molar-refractivity contribution in [2.75, 3.05) is 25.1 Å². The Morgan fingerprint density at radius 3 is 2.60 bits per heavy atom. The first kappa shape index (κ1) is 20.2. The minimum Gasteiger partial charge on any atom is -0.355 e. The molecule has 0 spiro atoms. The molecule has 136 valence electrons. The van der Waals surface area contributed by atoms with E-state index in [0.717, 1.165) is 20.7 Å². The van der Waals surface area contributed by atoms with Gasteiger partial charge in [-0.05, 0) is 28.8 Å². The summed E-state index contributed by atoms with van der Waals surface area (Å²) in [4.78, 5) is 25.5. The molecule has 2 amide bonds. The standard InChI is InChI=1S/C15H20N4O2S4/c1-3-5-16-12(20)9-23-14-17-18-15(25-14)24-10-13(21)19(2)7-11-4-6-22-8-11/h4,6,8H,3,5,7,9-10H2,1-2H3,(H,16,20). The number of amides is 2. The van der Waals surface area contributed by atoms with Crippen molar-refractivity contribution in [2.45, 2.75) is 28.6 Å². The third kappa shape index (κ3) is 7.35. The summed E-state index contributed by atoms with van der Waals surface area (Å²) in [7, 11) is 1.80. The van der Waals surface area contributed by atoms with E-state index in [1.165, 1.54) is 34.9 Å². The molecule has 0 aliphatic rings. The minimum atomic E-state index is 0.00138. The Morgan fingerprint density at radius 2 is 1.96 bits per heavy atom. The van der Waals surface area contributed by atoms with E-state index in [0.29, 0.717) is 24.6 Å². The molecule has 0 unspecified atom stereocenters. The van der Waals surface area contributed by atoms with Gasteiger partial charge in [0.05, 0.1) is 11.5 Å². The van der Waals surface area contributed by atoms with Crippen LogP contribution in [0.4, 0.5) is 0 Å². The average molecular weight is 417 g/mol. The lowest BCUT2D eigenvalue weighted by Gasteiger charge is -2.15. The summed E-state index contributed by atoms with van der Waals surface area (Å²) in [5.74, 6) is 0.722. The lowest BCUT2D eigenvalue weighted by molar-refractivity contribution is -0.127. The summed E-state index contributed by atoms with van der Waals surface area (Å²) in [6.45, 7) is 3.32. The van der Waals surface area contributed by atoms with Gasteiger partial charge in [-0.2, -0.15) is 11.3 Å². The fourth-order valence-corrected chi connectivity index (χ4v) is 5.19. The minimum absolute atomic E-state index is 0.00138. The normalized spacial score (nSPS) is 10.6. The molecule has 2 rings (SSSR count). The Kier molecular flexibility index (Phi) is 8.73. The van der Waals surface area contributed by atoms with Crippen molar-refractivity contribution in [3.63, 3.8) is 0 Å². The molecule has 0 bridgehead atoms. The maximum absolute atomic E-state index is 12.2. The van der Waals surface area contributed by atoms with Crippen molar-refractivity contribution in [3.05, 3.63) is 22.4 Å². The van der Waals surface area contributed by atoms with E-state index in [4.69, 9.17) is 0 Å². The van der Waals surface area contributed by atoms with Crippen LogP contribution in [0.2, 0.25) is 0 Å². The molecule has 25 heavy (non-hydrogen) atoms. The number of hydrogen-bond donors (Lipinski definition) is 1. The number of hydrogen-bond acceptors (Lipinski definition) is 8. The quantitative estimate of drug-likeness (QED) is 0.600. The molecule has 0 fully saturated rings. The number of thioether (sulfide) groups is 2. The molecular formula is C15H20N4O2S4. The van der Waals surface area contributed by atoms with E-state index in [2.05, 4.69) is 15.5 Å². The maximum Gasteiger partial charge on any atom is 0.233 e. The molecule has 0 atom stereocenters. The van der Waals surface area contributed by atoms with Gasteiger partial charge in [-0.3, -0.25) is 9.59 Å². The van der Waals surface area contributed by atoms with Crippen molar-refractivity contribution in [1.82, 2.24) is 20.4 Å². The van der Waals surface area contributed by atoms with E-state index >= 15 is 0 Å². The second kappa shape index (κ2) is 10.8. The first-order valence-electron chi connectivity index (χ1n) is 7.69. The van der Waals surface area contributed by atoms with Gasteiger partial charge in [0.15, 0.2) is 8.68 Å². The van der Waals surface area contributed by atoms with Gasteiger partial charge in [-0.25, -0.2) is 0 Å². The largest absolute Gasteiger partial charge is 0.355 e. The molecule has 0 radical (unpaired) electrons. The fourth-order valence-electron chi connectivity index (χ4n) is 1.73. The predicted octanol–water partition coefficient (Wildman–Crippen LogP) is 2.97. The topological polar surface area (TPSA) is 75.2 Å². The highest BCUT2D eigenvalue weighted by atomic mass is 32.2. The molecule has 0 aliphatic heterocycles. The summed E-state index contributed by atoms with van der Waals surface area (Å²) in [5.41, 5.74) is 1.14. The first-order valence-corrected chi connectivity index (χ1v) is 11.4. The first-order chi connectivity index (χ1) is 12.1. The van der Waals surface area contributed by atoms with Crippen molar-refractivity contribution in [2.24, 2.45) is 0 Å². The third-order valence-electron chi connectivity index (χ3n) is 3.03. The zero-order chi connectivity index (χ0) is 18.1.